The van der Waals surface area contributed by atoms with E-state index in [1.165, 1.54) is 0 Å². The third kappa shape index (κ3) is 2.34. The normalized spacial score (nSPS) is 13.2. The van der Waals surface area contributed by atoms with Crippen molar-refractivity contribution in [3.63, 3.8) is 0 Å². The van der Waals surface area contributed by atoms with Crippen LogP contribution in [0.1, 0.15) is 28.4 Å². The lowest BCUT2D eigenvalue weighted by atomic mass is 10.0. The number of nitrogens with one attached hydrogen (secondary N) is 1. The number of hydrogen-bond acceptors (Lipinski definition) is 4. The number of aromatic nitrogens is 4. The summed E-state index contributed by atoms with van der Waals surface area (Å²) in [7, 11) is 0. The summed E-state index contributed by atoms with van der Waals surface area (Å²) in [5.74, 6) is 1.67. The second-order valence-corrected chi connectivity index (χ2v) is 6.52. The Labute approximate surface area is 149 Å². The van der Waals surface area contributed by atoms with Gasteiger partial charge >= 0.3 is 0 Å². The topological polar surface area (TPSA) is 72.7 Å². The van der Waals surface area contributed by atoms with E-state index in [1.807, 2.05) is 36.4 Å². The molecule has 6 nitrogen and oxygen atoms in total. The Morgan fingerprint density at radius 3 is 2.96 bits per heavy atom. The molecule has 1 N–H and O–H groups in total. The second-order valence-electron chi connectivity index (χ2n) is 6.52. The molecular weight excluding hydrogens is 326 g/mol. The van der Waals surface area contributed by atoms with E-state index in [-0.39, 0.29) is 5.91 Å². The Kier molecular flexibility index (Phi) is 3.41. The first kappa shape index (κ1) is 15.0. The summed E-state index contributed by atoms with van der Waals surface area (Å²) in [5.41, 5.74) is 1.30. The SMILES string of the molecule is O=C(NCc1nnc2n1CCC2)c1cc2ccccc2c2cccnc12. The molecule has 0 aliphatic carbocycles. The van der Waals surface area contributed by atoms with Crippen LogP contribution in [-0.4, -0.2) is 25.7 Å². The Bertz CT molecular complexity index is 1150. The van der Waals surface area contributed by atoms with Gasteiger partial charge in [0.2, 0.25) is 0 Å². The predicted molar refractivity (Wildman–Crippen MR) is 98.8 cm³/mol. The molecule has 1 aliphatic rings. The van der Waals surface area contributed by atoms with E-state index in [0.717, 1.165) is 52.7 Å². The highest BCUT2D eigenvalue weighted by Gasteiger charge is 2.19. The Hall–Kier alpha value is -3.28. The number of aryl methyl sites for hydroxylation is 1. The van der Waals surface area contributed by atoms with Gasteiger partial charge in [0.15, 0.2) is 5.82 Å². The molecule has 3 heterocycles. The lowest BCUT2D eigenvalue weighted by Crippen LogP contribution is -2.25. The second kappa shape index (κ2) is 5.91. The minimum absolute atomic E-state index is 0.144. The zero-order valence-electron chi connectivity index (χ0n) is 14.1. The van der Waals surface area contributed by atoms with Crippen LogP contribution in [0.2, 0.25) is 0 Å². The molecule has 2 aromatic heterocycles. The minimum Gasteiger partial charge on any atom is -0.345 e. The lowest BCUT2D eigenvalue weighted by Gasteiger charge is -2.10. The van der Waals surface area contributed by atoms with E-state index in [4.69, 9.17) is 0 Å². The van der Waals surface area contributed by atoms with Crippen molar-refractivity contribution in [1.29, 1.82) is 0 Å². The van der Waals surface area contributed by atoms with E-state index in [9.17, 15) is 4.79 Å². The van der Waals surface area contributed by atoms with Crippen molar-refractivity contribution in [3.8, 4) is 0 Å². The van der Waals surface area contributed by atoms with Crippen molar-refractivity contribution in [3.05, 3.63) is 65.9 Å². The summed E-state index contributed by atoms with van der Waals surface area (Å²) in [6.45, 7) is 1.29. The van der Waals surface area contributed by atoms with Gasteiger partial charge in [0.05, 0.1) is 17.6 Å². The van der Waals surface area contributed by atoms with Crippen LogP contribution in [0, 0.1) is 0 Å². The van der Waals surface area contributed by atoms with Gasteiger partial charge in [-0.05, 0) is 29.3 Å². The van der Waals surface area contributed by atoms with Gasteiger partial charge in [-0.25, -0.2) is 0 Å². The molecule has 128 valence electrons. The summed E-state index contributed by atoms with van der Waals surface area (Å²) < 4.78 is 2.09. The van der Waals surface area contributed by atoms with Crippen LogP contribution in [0.5, 0.6) is 0 Å². The fraction of sp³-hybridized carbons (Fsp3) is 0.200. The van der Waals surface area contributed by atoms with Crippen LogP contribution in [0.3, 0.4) is 0 Å². The highest BCUT2D eigenvalue weighted by Crippen LogP contribution is 2.27. The van der Waals surface area contributed by atoms with Crippen molar-refractivity contribution in [2.24, 2.45) is 0 Å². The van der Waals surface area contributed by atoms with Crippen molar-refractivity contribution in [1.82, 2.24) is 25.1 Å². The van der Waals surface area contributed by atoms with Gasteiger partial charge in [0.1, 0.15) is 5.82 Å². The minimum atomic E-state index is -0.144. The van der Waals surface area contributed by atoms with Gasteiger partial charge in [0, 0.05) is 24.5 Å². The highest BCUT2D eigenvalue weighted by molar-refractivity contribution is 6.15. The number of benzene rings is 2. The molecule has 4 aromatic rings. The molecule has 1 aliphatic heterocycles. The van der Waals surface area contributed by atoms with Gasteiger partial charge in [-0.1, -0.05) is 30.3 Å². The number of pyridine rings is 1. The molecular formula is C20H17N5O. The number of hydrogen-bond donors (Lipinski definition) is 1. The Morgan fingerprint density at radius 1 is 1.12 bits per heavy atom. The number of rotatable bonds is 3. The monoisotopic (exact) mass is 343 g/mol. The maximum Gasteiger partial charge on any atom is 0.253 e. The number of fused-ring (bicyclic) bond motifs is 4. The zero-order valence-corrected chi connectivity index (χ0v) is 14.1. The van der Waals surface area contributed by atoms with Crippen LogP contribution < -0.4 is 5.32 Å². The van der Waals surface area contributed by atoms with Crippen molar-refractivity contribution in [2.75, 3.05) is 0 Å². The van der Waals surface area contributed by atoms with E-state index < -0.39 is 0 Å². The molecule has 5 rings (SSSR count). The van der Waals surface area contributed by atoms with Crippen LogP contribution in [0.4, 0.5) is 0 Å². The third-order valence-corrected chi connectivity index (χ3v) is 4.95. The smallest absolute Gasteiger partial charge is 0.253 e. The molecule has 0 atom stereocenters. The standard InChI is InChI=1S/C20H17N5O/c26-20(22-12-18-24-23-17-8-4-10-25(17)18)16-11-13-5-1-2-6-14(13)15-7-3-9-21-19(15)16/h1-3,5-7,9,11H,4,8,10,12H2,(H,22,26). The van der Waals surface area contributed by atoms with E-state index in [2.05, 4.69) is 31.1 Å². The molecule has 0 bridgehead atoms. The quantitative estimate of drug-likeness (QED) is 0.581. The van der Waals surface area contributed by atoms with E-state index in [0.29, 0.717) is 12.1 Å². The van der Waals surface area contributed by atoms with Crippen LogP contribution in [-0.2, 0) is 19.5 Å². The summed E-state index contributed by atoms with van der Waals surface area (Å²) in [6.07, 6.45) is 3.77. The van der Waals surface area contributed by atoms with Crippen molar-refractivity contribution < 1.29 is 4.79 Å². The Balaban J connectivity index is 1.51. The third-order valence-electron chi connectivity index (χ3n) is 4.95. The van der Waals surface area contributed by atoms with Crippen LogP contribution >= 0.6 is 0 Å². The first-order chi connectivity index (χ1) is 12.8. The molecule has 2 aromatic carbocycles. The van der Waals surface area contributed by atoms with Gasteiger partial charge in [-0.15, -0.1) is 10.2 Å². The molecule has 0 radical (unpaired) electrons. The number of carbonyl (C=O) groups excluding carboxylic acids is 1. The molecule has 6 heteroatoms. The molecule has 0 fully saturated rings. The predicted octanol–water partition coefficient (Wildman–Crippen LogP) is 2.86. The van der Waals surface area contributed by atoms with Crippen LogP contribution in [0.25, 0.3) is 21.7 Å². The first-order valence-electron chi connectivity index (χ1n) is 8.77. The van der Waals surface area contributed by atoms with Crippen molar-refractivity contribution >= 4 is 27.6 Å². The average molecular weight is 343 g/mol. The first-order valence-corrected chi connectivity index (χ1v) is 8.77. The maximum absolute atomic E-state index is 12.9. The highest BCUT2D eigenvalue weighted by atomic mass is 16.1. The molecule has 0 saturated heterocycles. The Morgan fingerprint density at radius 2 is 2.00 bits per heavy atom. The van der Waals surface area contributed by atoms with E-state index in [1.54, 1.807) is 6.20 Å². The number of nitrogens with zero attached hydrogens (tertiary/aromatic N) is 4. The molecule has 0 spiro atoms. The fourth-order valence-electron chi connectivity index (χ4n) is 3.70. The number of carbonyl (C=O) groups is 1. The van der Waals surface area contributed by atoms with Crippen LogP contribution in [0.15, 0.2) is 48.7 Å². The van der Waals surface area contributed by atoms with Gasteiger partial charge in [0.25, 0.3) is 5.91 Å². The van der Waals surface area contributed by atoms with Gasteiger partial charge in [-0.3, -0.25) is 9.78 Å². The molecule has 0 unspecified atom stereocenters. The lowest BCUT2D eigenvalue weighted by molar-refractivity contribution is 0.0951. The average Bonchev–Trinajstić information content (AvgIpc) is 3.30. The molecule has 1 amide bonds. The van der Waals surface area contributed by atoms with E-state index >= 15 is 0 Å². The summed E-state index contributed by atoms with van der Waals surface area (Å²) in [6, 6.07) is 13.9. The largest absolute Gasteiger partial charge is 0.345 e. The number of amides is 1. The van der Waals surface area contributed by atoms with Gasteiger partial charge < -0.3 is 9.88 Å². The fourth-order valence-corrected chi connectivity index (χ4v) is 3.70. The summed E-state index contributed by atoms with van der Waals surface area (Å²) in [4.78, 5) is 17.4. The molecule has 0 saturated carbocycles. The maximum atomic E-state index is 12.9. The van der Waals surface area contributed by atoms with Crippen molar-refractivity contribution in [2.45, 2.75) is 25.9 Å². The molecule has 26 heavy (non-hydrogen) atoms. The summed E-state index contributed by atoms with van der Waals surface area (Å²) >= 11 is 0. The zero-order chi connectivity index (χ0) is 17.5. The van der Waals surface area contributed by atoms with Gasteiger partial charge in [-0.2, -0.15) is 0 Å². The summed E-state index contributed by atoms with van der Waals surface area (Å²) in [5, 5.41) is 14.5.